The van der Waals surface area contributed by atoms with Crippen molar-refractivity contribution in [2.75, 3.05) is 0 Å². The van der Waals surface area contributed by atoms with E-state index in [9.17, 15) is 8.76 Å². The summed E-state index contributed by atoms with van der Waals surface area (Å²) >= 11 is 10.4. The third-order valence-corrected chi connectivity index (χ3v) is 5.78. The van der Waals surface area contributed by atoms with Gasteiger partial charge in [-0.25, -0.2) is 4.98 Å². The first-order valence-electron chi connectivity index (χ1n) is 7.44. The summed E-state index contributed by atoms with van der Waals surface area (Å²) in [4.78, 5) is 7.44. The molecule has 0 saturated heterocycles. The van der Waals surface area contributed by atoms with Crippen LogP contribution in [0.3, 0.4) is 0 Å². The van der Waals surface area contributed by atoms with Crippen LogP contribution >= 0.6 is 24.4 Å². The van der Waals surface area contributed by atoms with Crippen LogP contribution in [-0.4, -0.2) is 19.1 Å². The molecule has 2 N–H and O–H groups in total. The minimum absolute atomic E-state index is 0.210. The quantitative estimate of drug-likeness (QED) is 0.502. The van der Waals surface area contributed by atoms with Crippen LogP contribution in [0.5, 0.6) is 0 Å². The molecule has 5 nitrogen and oxygen atoms in total. The van der Waals surface area contributed by atoms with Crippen LogP contribution in [0.4, 0.5) is 0 Å². The third-order valence-electron chi connectivity index (χ3n) is 3.65. The third kappa shape index (κ3) is 3.98. The maximum absolute atomic E-state index is 12.9. The van der Waals surface area contributed by atoms with Crippen molar-refractivity contribution in [1.29, 1.82) is 0 Å². The summed E-state index contributed by atoms with van der Waals surface area (Å²) in [6.45, 7) is 1.92. The Hall–Kier alpha value is -2.00. The Morgan fingerprint density at radius 3 is 2.40 bits per heavy atom. The van der Waals surface area contributed by atoms with E-state index in [1.807, 2.05) is 37.3 Å². The molecule has 25 heavy (non-hydrogen) atoms. The average Bonchev–Trinajstić information content (AvgIpc) is 2.58. The minimum atomic E-state index is -3.34. The number of H-pyrrole nitrogens is 1. The van der Waals surface area contributed by atoms with E-state index in [1.54, 1.807) is 24.3 Å². The predicted octanol–water partition coefficient (Wildman–Crippen LogP) is 4.63. The van der Waals surface area contributed by atoms with Gasteiger partial charge >= 0.3 is 0 Å². The van der Waals surface area contributed by atoms with Gasteiger partial charge in [0.05, 0.1) is 0 Å². The van der Waals surface area contributed by atoms with E-state index in [0.717, 1.165) is 11.1 Å². The molecular weight excluding hydrogens is 374 g/mol. The van der Waals surface area contributed by atoms with Crippen molar-refractivity contribution in [1.82, 2.24) is 14.5 Å². The number of nitrogens with zero attached hydrogens (tertiary/aromatic N) is 2. The van der Waals surface area contributed by atoms with Crippen LogP contribution < -0.4 is 0 Å². The molecule has 8 heteroatoms. The highest BCUT2D eigenvalue weighted by Crippen LogP contribution is 2.23. The summed E-state index contributed by atoms with van der Waals surface area (Å²) in [5, 5.41) is 0. The topological polar surface area (TPSA) is 70.9 Å². The lowest BCUT2D eigenvalue weighted by Gasteiger charge is -2.12. The van der Waals surface area contributed by atoms with E-state index in [0.29, 0.717) is 10.7 Å². The van der Waals surface area contributed by atoms with Gasteiger partial charge in [-0.3, -0.25) is 4.57 Å². The molecule has 1 unspecified atom stereocenters. The highest BCUT2D eigenvalue weighted by Gasteiger charge is 2.31. The van der Waals surface area contributed by atoms with Gasteiger partial charge in [0.2, 0.25) is 10.6 Å². The zero-order valence-electron chi connectivity index (χ0n) is 13.4. The highest BCUT2D eigenvalue weighted by atomic mass is 32.3. The van der Waals surface area contributed by atoms with Gasteiger partial charge in [0.1, 0.15) is 5.82 Å². The number of nitrogens with one attached hydrogen (secondary N) is 1. The minimum Gasteiger partial charge on any atom is -0.307 e. The lowest BCUT2D eigenvalue weighted by molar-refractivity contribution is 0.485. The first-order valence-corrected chi connectivity index (χ1v) is 9.94. The second-order valence-electron chi connectivity index (χ2n) is 5.55. The molecule has 3 aromatic rings. The second-order valence-corrected chi connectivity index (χ2v) is 8.33. The van der Waals surface area contributed by atoms with Crippen LogP contribution in [0.1, 0.15) is 5.56 Å². The maximum Gasteiger partial charge on any atom is 0.268 e. The molecule has 0 aliphatic carbocycles. The largest absolute Gasteiger partial charge is 0.307 e. The van der Waals surface area contributed by atoms with E-state index < -0.39 is 10.2 Å². The SMILES string of the molecule is Cc1ccc([S+](=O)(O)Cn2c(-c3ccccc3)nc(=S)[nH]c2=S)cc1. The summed E-state index contributed by atoms with van der Waals surface area (Å²) in [5.74, 6) is 0.251. The Kier molecular flexibility index (Phi) is 5.05. The van der Waals surface area contributed by atoms with Crippen LogP contribution in [0.2, 0.25) is 0 Å². The predicted molar refractivity (Wildman–Crippen MR) is 104 cm³/mol. The molecular formula is C17H16N3O2S3+. The molecule has 1 heterocycles. The number of aromatic amines is 1. The Morgan fingerprint density at radius 1 is 1.12 bits per heavy atom. The van der Waals surface area contributed by atoms with Gasteiger partial charge in [0.15, 0.2) is 9.67 Å². The Bertz CT molecular complexity index is 1060. The van der Waals surface area contributed by atoms with Gasteiger partial charge in [-0.1, -0.05) is 52.2 Å². The Balaban J connectivity index is 2.11. The lowest BCUT2D eigenvalue weighted by atomic mass is 10.2. The maximum atomic E-state index is 12.9. The standard InChI is InChI=1S/C17H15N3O2S3/c1-12-7-9-14(10-8-12)25(21,22)11-20-15(13-5-3-2-4-6-13)18-16(23)19-17(20)24/h2-10H,11H2,1H3,(H-,19,21,22,23,24)/p+1. The molecule has 0 amide bonds. The van der Waals surface area contributed by atoms with E-state index >= 15 is 0 Å². The molecule has 0 saturated carbocycles. The molecule has 1 atom stereocenters. The number of benzene rings is 2. The second kappa shape index (κ2) is 7.09. The van der Waals surface area contributed by atoms with Crippen molar-refractivity contribution in [3.8, 4) is 11.4 Å². The molecule has 0 fully saturated rings. The number of rotatable bonds is 4. The molecule has 0 aliphatic heterocycles. The monoisotopic (exact) mass is 390 g/mol. The van der Waals surface area contributed by atoms with Gasteiger partial charge in [-0.2, -0.15) is 4.55 Å². The van der Waals surface area contributed by atoms with Gasteiger partial charge in [-0.15, -0.1) is 0 Å². The van der Waals surface area contributed by atoms with Gasteiger partial charge in [0, 0.05) is 5.56 Å². The fourth-order valence-electron chi connectivity index (χ4n) is 2.37. The van der Waals surface area contributed by atoms with E-state index in [1.165, 1.54) is 4.57 Å². The Labute approximate surface area is 156 Å². The zero-order chi connectivity index (χ0) is 18.0. The first-order chi connectivity index (χ1) is 11.9. The van der Waals surface area contributed by atoms with Crippen molar-refractivity contribution >= 4 is 34.6 Å². The van der Waals surface area contributed by atoms with Crippen molar-refractivity contribution in [2.45, 2.75) is 17.7 Å². The highest BCUT2D eigenvalue weighted by molar-refractivity contribution is 7.96. The van der Waals surface area contributed by atoms with E-state index in [-0.39, 0.29) is 15.4 Å². The normalized spacial score (nSPS) is 13.4. The van der Waals surface area contributed by atoms with E-state index in [2.05, 4.69) is 9.97 Å². The van der Waals surface area contributed by atoms with E-state index in [4.69, 9.17) is 24.4 Å². The molecule has 0 aliphatic rings. The summed E-state index contributed by atoms with van der Waals surface area (Å²) in [6.07, 6.45) is 0. The van der Waals surface area contributed by atoms with Crippen molar-refractivity contribution in [3.05, 3.63) is 69.7 Å². The van der Waals surface area contributed by atoms with Gasteiger partial charge in [-0.05, 0) is 43.5 Å². The smallest absolute Gasteiger partial charge is 0.268 e. The number of hydrogen-bond acceptors (Lipinski definition) is 4. The molecule has 3 rings (SSSR count). The number of hydrogen-bond donors (Lipinski definition) is 2. The van der Waals surface area contributed by atoms with Crippen LogP contribution in [0.25, 0.3) is 11.4 Å². The molecule has 2 aromatic carbocycles. The van der Waals surface area contributed by atoms with Crippen LogP contribution in [0, 0.1) is 16.5 Å². The first kappa shape index (κ1) is 17.8. The van der Waals surface area contributed by atoms with Crippen LogP contribution in [0.15, 0.2) is 59.5 Å². The summed E-state index contributed by atoms with van der Waals surface area (Å²) in [6, 6.07) is 16.2. The summed E-state index contributed by atoms with van der Waals surface area (Å²) in [5.41, 5.74) is 1.79. The zero-order valence-corrected chi connectivity index (χ0v) is 15.8. The molecule has 0 bridgehead atoms. The molecule has 128 valence electrons. The van der Waals surface area contributed by atoms with Gasteiger partial charge in [0.25, 0.3) is 10.2 Å². The number of aromatic nitrogens is 3. The van der Waals surface area contributed by atoms with Crippen molar-refractivity contribution < 1.29 is 8.76 Å². The summed E-state index contributed by atoms with van der Waals surface area (Å²) in [7, 11) is -3.34. The average molecular weight is 391 g/mol. The molecule has 0 radical (unpaired) electrons. The summed E-state index contributed by atoms with van der Waals surface area (Å²) < 4.78 is 25.5. The lowest BCUT2D eigenvalue weighted by Crippen LogP contribution is -2.21. The molecule has 0 spiro atoms. The van der Waals surface area contributed by atoms with Gasteiger partial charge < -0.3 is 4.98 Å². The number of aryl methyl sites for hydroxylation is 1. The van der Waals surface area contributed by atoms with Crippen LogP contribution in [-0.2, 0) is 20.3 Å². The Morgan fingerprint density at radius 2 is 1.76 bits per heavy atom. The van der Waals surface area contributed by atoms with Crippen molar-refractivity contribution in [3.63, 3.8) is 0 Å². The fraction of sp³-hybridized carbons (Fsp3) is 0.118. The molecule has 1 aromatic heterocycles. The fourth-order valence-corrected chi connectivity index (χ4v) is 4.26. The van der Waals surface area contributed by atoms with Crippen molar-refractivity contribution in [2.24, 2.45) is 0 Å².